The van der Waals surface area contributed by atoms with Crippen LogP contribution in [0.5, 0.6) is 0 Å². The number of hydrogen-bond acceptors (Lipinski definition) is 4. The van der Waals surface area contributed by atoms with E-state index in [1.54, 1.807) is 36.4 Å². The number of aryl methyl sites for hydroxylation is 1. The minimum absolute atomic E-state index is 0.185. The maximum atomic E-state index is 12.1. The van der Waals surface area contributed by atoms with E-state index < -0.39 is 29.3 Å². The summed E-state index contributed by atoms with van der Waals surface area (Å²) >= 11 is 5.89. The van der Waals surface area contributed by atoms with Gasteiger partial charge in [-0.1, -0.05) is 29.8 Å². The molecule has 5 nitrogen and oxygen atoms in total. The summed E-state index contributed by atoms with van der Waals surface area (Å²) in [4.78, 5) is 24.4. The number of anilines is 1. The molecule has 7 heteroatoms. The van der Waals surface area contributed by atoms with E-state index in [-0.39, 0.29) is 5.56 Å². The van der Waals surface area contributed by atoms with Gasteiger partial charge in [-0.15, -0.1) is 0 Å². The highest BCUT2D eigenvalue weighted by Gasteiger charge is 2.16. The van der Waals surface area contributed by atoms with E-state index in [1.807, 2.05) is 6.92 Å². The lowest BCUT2D eigenvalue weighted by Crippen LogP contribution is -2.21. The second kappa shape index (κ2) is 8.08. The van der Waals surface area contributed by atoms with Crippen molar-refractivity contribution in [3.8, 4) is 0 Å². The molecule has 0 saturated heterocycles. The van der Waals surface area contributed by atoms with Crippen molar-refractivity contribution in [2.75, 3.05) is 18.2 Å². The molecule has 0 bridgehead atoms. The molecule has 0 aliphatic rings. The molecule has 1 amide bonds. The Morgan fingerprint density at radius 1 is 1.21 bits per heavy atom. The van der Waals surface area contributed by atoms with Crippen LogP contribution in [-0.2, 0) is 20.3 Å². The molecule has 0 spiro atoms. The third-order valence-corrected chi connectivity index (χ3v) is 4.44. The number of ether oxygens (including phenoxy) is 1. The summed E-state index contributed by atoms with van der Waals surface area (Å²) < 4.78 is 16.6. The summed E-state index contributed by atoms with van der Waals surface area (Å²) in [6.07, 6.45) is 1.47. The Bertz CT molecular complexity index is 807. The number of halogens is 1. The fourth-order valence-corrected chi connectivity index (χ4v) is 2.91. The molecule has 0 aliphatic heterocycles. The van der Waals surface area contributed by atoms with Gasteiger partial charge in [-0.25, -0.2) is 4.79 Å². The Morgan fingerprint density at radius 2 is 1.92 bits per heavy atom. The molecule has 0 radical (unpaired) electrons. The van der Waals surface area contributed by atoms with Crippen LogP contribution in [0.4, 0.5) is 5.69 Å². The van der Waals surface area contributed by atoms with Gasteiger partial charge in [0.25, 0.3) is 5.91 Å². The monoisotopic (exact) mass is 365 g/mol. The topological polar surface area (TPSA) is 72.5 Å². The smallest absolute Gasteiger partial charge is 0.339 e. The van der Waals surface area contributed by atoms with Gasteiger partial charge in [0.15, 0.2) is 6.61 Å². The molecule has 126 valence electrons. The minimum Gasteiger partial charge on any atom is -0.452 e. The summed E-state index contributed by atoms with van der Waals surface area (Å²) in [6, 6.07) is 11.5. The van der Waals surface area contributed by atoms with Gasteiger partial charge in [0.2, 0.25) is 0 Å². The lowest BCUT2D eigenvalue weighted by Gasteiger charge is -2.10. The Hall–Kier alpha value is -2.18. The maximum Gasteiger partial charge on any atom is 0.339 e. The van der Waals surface area contributed by atoms with E-state index in [9.17, 15) is 13.8 Å². The molecule has 2 aromatic carbocycles. The first kappa shape index (κ1) is 18.2. The summed E-state index contributed by atoms with van der Waals surface area (Å²) in [6.45, 7) is 1.38. The van der Waals surface area contributed by atoms with Crippen molar-refractivity contribution in [3.63, 3.8) is 0 Å². The first-order chi connectivity index (χ1) is 11.4. The zero-order chi connectivity index (χ0) is 17.7. The van der Waals surface area contributed by atoms with Gasteiger partial charge in [0.1, 0.15) is 0 Å². The van der Waals surface area contributed by atoms with Gasteiger partial charge in [-0.3, -0.25) is 9.00 Å². The third kappa shape index (κ3) is 4.66. The van der Waals surface area contributed by atoms with Gasteiger partial charge in [0, 0.05) is 17.0 Å². The van der Waals surface area contributed by atoms with Gasteiger partial charge >= 0.3 is 5.97 Å². The Morgan fingerprint density at radius 3 is 2.62 bits per heavy atom. The van der Waals surface area contributed by atoms with E-state index >= 15 is 0 Å². The summed E-state index contributed by atoms with van der Waals surface area (Å²) in [5, 5.41) is 3.13. The normalized spacial score (nSPS) is 11.6. The van der Waals surface area contributed by atoms with E-state index in [4.69, 9.17) is 16.3 Å². The molecule has 24 heavy (non-hydrogen) atoms. The van der Waals surface area contributed by atoms with Gasteiger partial charge < -0.3 is 10.1 Å². The van der Waals surface area contributed by atoms with E-state index in [2.05, 4.69) is 5.32 Å². The first-order valence-electron chi connectivity index (χ1n) is 7.04. The lowest BCUT2D eigenvalue weighted by atomic mass is 10.2. The van der Waals surface area contributed by atoms with Crippen molar-refractivity contribution in [1.29, 1.82) is 0 Å². The summed E-state index contributed by atoms with van der Waals surface area (Å²) in [5.41, 5.74) is 1.58. The van der Waals surface area contributed by atoms with E-state index in [1.165, 1.54) is 12.3 Å². The SMILES string of the molecule is Cc1ccc(Cl)cc1NC(=O)COC(=O)c1ccccc1[S@@](C)=O. The van der Waals surface area contributed by atoms with Crippen LogP contribution in [0.1, 0.15) is 15.9 Å². The third-order valence-electron chi connectivity index (χ3n) is 3.22. The van der Waals surface area contributed by atoms with Gasteiger partial charge in [-0.05, 0) is 36.8 Å². The molecule has 0 aliphatic carbocycles. The van der Waals surface area contributed by atoms with Crippen LogP contribution >= 0.6 is 11.6 Å². The fraction of sp³-hybridized carbons (Fsp3) is 0.176. The number of carbonyl (C=O) groups excluding carboxylic acids is 2. The summed E-state index contributed by atoms with van der Waals surface area (Å²) in [7, 11) is -1.33. The van der Waals surface area contributed by atoms with Crippen LogP contribution < -0.4 is 5.32 Å². The molecule has 0 unspecified atom stereocenters. The highest BCUT2D eigenvalue weighted by atomic mass is 35.5. The Balaban J connectivity index is 2.00. The quantitative estimate of drug-likeness (QED) is 0.826. The molecule has 1 atom stereocenters. The van der Waals surface area contributed by atoms with Crippen LogP contribution in [0, 0.1) is 6.92 Å². The molecular formula is C17H16ClNO4S. The molecule has 0 heterocycles. The zero-order valence-electron chi connectivity index (χ0n) is 13.2. The average Bonchev–Trinajstić information content (AvgIpc) is 2.56. The average molecular weight is 366 g/mol. The molecular weight excluding hydrogens is 350 g/mol. The highest BCUT2D eigenvalue weighted by Crippen LogP contribution is 2.20. The van der Waals surface area contributed by atoms with E-state index in [0.29, 0.717) is 15.6 Å². The number of amides is 1. The molecule has 2 rings (SSSR count). The molecule has 0 fully saturated rings. The number of hydrogen-bond donors (Lipinski definition) is 1. The Kier molecular flexibility index (Phi) is 6.11. The molecule has 0 saturated carbocycles. The standard InChI is InChI=1S/C17H16ClNO4S/c1-11-7-8-12(18)9-14(11)19-16(20)10-23-17(21)13-5-3-4-6-15(13)24(2)22/h3-9H,10H2,1-2H3,(H,19,20)/t24-/m1/s1. The van der Waals surface area contributed by atoms with Crippen molar-refractivity contribution in [3.05, 3.63) is 58.6 Å². The van der Waals surface area contributed by atoms with E-state index in [0.717, 1.165) is 5.56 Å². The van der Waals surface area contributed by atoms with Crippen LogP contribution in [-0.4, -0.2) is 28.9 Å². The zero-order valence-corrected chi connectivity index (χ0v) is 14.7. The molecule has 0 aromatic heterocycles. The largest absolute Gasteiger partial charge is 0.452 e. The predicted octanol–water partition coefficient (Wildman–Crippen LogP) is 3.18. The lowest BCUT2D eigenvalue weighted by molar-refractivity contribution is -0.119. The fourth-order valence-electron chi connectivity index (χ4n) is 2.01. The van der Waals surface area contributed by atoms with Crippen molar-refractivity contribution in [2.45, 2.75) is 11.8 Å². The van der Waals surface area contributed by atoms with Crippen LogP contribution in [0.15, 0.2) is 47.4 Å². The number of nitrogens with one attached hydrogen (secondary N) is 1. The molecule has 2 aromatic rings. The summed E-state index contributed by atoms with van der Waals surface area (Å²) in [5.74, 6) is -1.18. The van der Waals surface area contributed by atoms with Crippen molar-refractivity contribution >= 4 is 40.0 Å². The Labute approximate surface area is 147 Å². The van der Waals surface area contributed by atoms with Crippen molar-refractivity contribution < 1.29 is 18.5 Å². The predicted molar refractivity (Wildman–Crippen MR) is 93.9 cm³/mol. The first-order valence-corrected chi connectivity index (χ1v) is 8.97. The van der Waals surface area contributed by atoms with Gasteiger partial charge in [0.05, 0.1) is 21.3 Å². The van der Waals surface area contributed by atoms with Crippen molar-refractivity contribution in [2.24, 2.45) is 0 Å². The van der Waals surface area contributed by atoms with Crippen LogP contribution in [0.2, 0.25) is 5.02 Å². The maximum absolute atomic E-state index is 12.1. The van der Waals surface area contributed by atoms with Crippen LogP contribution in [0.25, 0.3) is 0 Å². The van der Waals surface area contributed by atoms with Crippen molar-refractivity contribution in [1.82, 2.24) is 0 Å². The highest BCUT2D eigenvalue weighted by molar-refractivity contribution is 7.84. The number of esters is 1. The minimum atomic E-state index is -1.33. The molecule has 1 N–H and O–H groups in total. The van der Waals surface area contributed by atoms with Gasteiger partial charge in [-0.2, -0.15) is 0 Å². The number of carbonyl (C=O) groups is 2. The number of benzene rings is 2. The second-order valence-electron chi connectivity index (χ2n) is 5.03. The number of rotatable bonds is 5. The van der Waals surface area contributed by atoms with Crippen LogP contribution in [0.3, 0.4) is 0 Å². The second-order valence-corrected chi connectivity index (χ2v) is 6.82.